The molecule has 0 saturated carbocycles. The summed E-state index contributed by atoms with van der Waals surface area (Å²) in [5.41, 5.74) is -0.477. The molecule has 1 N–H and O–H groups in total. The molecule has 0 spiro atoms. The molecule has 1 heterocycles. The van der Waals surface area contributed by atoms with E-state index in [1.165, 1.54) is 36.0 Å². The zero-order chi connectivity index (χ0) is 20.9. The summed E-state index contributed by atoms with van der Waals surface area (Å²) in [7, 11) is 0. The molecule has 0 radical (unpaired) electrons. The summed E-state index contributed by atoms with van der Waals surface area (Å²) in [6.45, 7) is 0. The molecule has 0 aliphatic rings. The van der Waals surface area contributed by atoms with E-state index in [0.29, 0.717) is 17.7 Å². The van der Waals surface area contributed by atoms with Crippen LogP contribution in [0.25, 0.3) is 11.5 Å². The van der Waals surface area contributed by atoms with E-state index in [1.54, 1.807) is 12.1 Å². The Morgan fingerprint density at radius 1 is 1.03 bits per heavy atom. The highest BCUT2D eigenvalue weighted by atomic mass is 32.2. The van der Waals surface area contributed by atoms with Gasteiger partial charge >= 0.3 is 12.2 Å². The lowest BCUT2D eigenvalue weighted by Crippen LogP contribution is -2.11. The number of nitrogens with zero attached hydrogens (tertiary/aromatic N) is 2. The number of carbonyl (C=O) groups is 1. The summed E-state index contributed by atoms with van der Waals surface area (Å²) in [6, 6.07) is 10.2. The molecule has 0 bridgehead atoms. The first-order chi connectivity index (χ1) is 13.8. The number of rotatable bonds is 7. The van der Waals surface area contributed by atoms with Gasteiger partial charge in [0.05, 0.1) is 5.56 Å². The van der Waals surface area contributed by atoms with Crippen molar-refractivity contribution < 1.29 is 26.8 Å². The van der Waals surface area contributed by atoms with Crippen molar-refractivity contribution in [3.63, 3.8) is 0 Å². The number of anilines is 1. The number of aromatic nitrogens is 2. The molecule has 3 rings (SSSR count). The quantitative estimate of drug-likeness (QED) is 0.312. The number of amides is 1. The van der Waals surface area contributed by atoms with Crippen LogP contribution in [0.2, 0.25) is 0 Å². The lowest BCUT2D eigenvalue weighted by molar-refractivity contribution is -0.137. The van der Waals surface area contributed by atoms with E-state index in [1.807, 2.05) is 0 Å². The maximum absolute atomic E-state index is 12.8. The van der Waals surface area contributed by atoms with E-state index in [4.69, 9.17) is 4.42 Å². The second kappa shape index (κ2) is 9.08. The van der Waals surface area contributed by atoms with Crippen LogP contribution in [0.3, 0.4) is 0 Å². The number of hydrogen-bond donors (Lipinski definition) is 1. The van der Waals surface area contributed by atoms with Gasteiger partial charge in [-0.3, -0.25) is 10.1 Å². The van der Waals surface area contributed by atoms with Crippen molar-refractivity contribution in [2.24, 2.45) is 0 Å². The summed E-state index contributed by atoms with van der Waals surface area (Å²) in [5, 5.41) is 9.86. The number of carbonyl (C=O) groups excluding carboxylic acids is 1. The third kappa shape index (κ3) is 6.05. The maximum Gasteiger partial charge on any atom is 0.416 e. The fourth-order valence-electron chi connectivity index (χ4n) is 2.33. The number of halogens is 4. The summed E-state index contributed by atoms with van der Waals surface area (Å²) in [4.78, 5) is 12.9. The van der Waals surface area contributed by atoms with Gasteiger partial charge in [0.1, 0.15) is 5.82 Å². The number of nitrogens with one attached hydrogen (secondary N) is 1. The molecule has 0 fully saturated rings. The Bertz CT molecular complexity index is 957. The molecular formula is C19H15F4N3O2S. The van der Waals surface area contributed by atoms with Gasteiger partial charge in [0, 0.05) is 16.9 Å². The second-order valence-corrected chi connectivity index (χ2v) is 7.11. The average Bonchev–Trinajstić information content (AvgIpc) is 3.14. The van der Waals surface area contributed by atoms with Gasteiger partial charge in [-0.25, -0.2) is 4.39 Å². The third-order valence-corrected chi connectivity index (χ3v) is 4.86. The molecule has 29 heavy (non-hydrogen) atoms. The topological polar surface area (TPSA) is 68.0 Å². The maximum atomic E-state index is 12.8. The van der Waals surface area contributed by atoms with Crippen molar-refractivity contribution >= 4 is 23.7 Å². The van der Waals surface area contributed by atoms with Gasteiger partial charge in [-0.05, 0) is 60.7 Å². The van der Waals surface area contributed by atoms with Crippen LogP contribution in [-0.4, -0.2) is 21.9 Å². The lowest BCUT2D eigenvalue weighted by Gasteiger charge is -2.05. The van der Waals surface area contributed by atoms with Crippen LogP contribution >= 0.6 is 11.8 Å². The summed E-state index contributed by atoms with van der Waals surface area (Å²) >= 11 is 1.50. The number of alkyl halides is 3. The SMILES string of the molecule is O=C(CCCSc1ccc(F)cc1)Nc1nnc(-c2ccc(C(F)(F)F)cc2)o1. The minimum Gasteiger partial charge on any atom is -0.403 e. The van der Waals surface area contributed by atoms with E-state index in [-0.39, 0.29) is 30.1 Å². The standard InChI is InChI=1S/C19H15F4N3O2S/c20-14-7-9-15(10-8-14)29-11-1-2-16(27)24-18-26-25-17(28-18)12-3-5-13(6-4-12)19(21,22)23/h3-10H,1-2,11H2,(H,24,26,27). The largest absolute Gasteiger partial charge is 0.416 e. The monoisotopic (exact) mass is 425 g/mol. The fraction of sp³-hybridized carbons (Fsp3) is 0.211. The first kappa shape index (κ1) is 20.8. The number of thioether (sulfide) groups is 1. The van der Waals surface area contributed by atoms with Gasteiger partial charge in [-0.2, -0.15) is 13.2 Å². The molecule has 2 aromatic carbocycles. The fourth-order valence-corrected chi connectivity index (χ4v) is 3.18. The first-order valence-electron chi connectivity index (χ1n) is 8.50. The van der Waals surface area contributed by atoms with Crippen molar-refractivity contribution in [3.05, 3.63) is 59.9 Å². The first-order valence-corrected chi connectivity index (χ1v) is 9.49. The van der Waals surface area contributed by atoms with Crippen LogP contribution in [0.5, 0.6) is 0 Å². The van der Waals surface area contributed by atoms with Crippen LogP contribution in [0.15, 0.2) is 57.8 Å². The minimum atomic E-state index is -4.43. The normalized spacial score (nSPS) is 11.4. The molecule has 10 heteroatoms. The van der Waals surface area contributed by atoms with Crippen LogP contribution in [0.1, 0.15) is 18.4 Å². The van der Waals surface area contributed by atoms with Gasteiger partial charge in [0.25, 0.3) is 0 Å². The molecule has 1 aromatic heterocycles. The van der Waals surface area contributed by atoms with Gasteiger partial charge in [0.2, 0.25) is 11.8 Å². The molecular weight excluding hydrogens is 410 g/mol. The summed E-state index contributed by atoms with van der Waals surface area (Å²) in [6.07, 6.45) is -3.64. The zero-order valence-electron chi connectivity index (χ0n) is 14.9. The Morgan fingerprint density at radius 3 is 2.38 bits per heavy atom. The number of hydrogen-bond acceptors (Lipinski definition) is 5. The predicted molar refractivity (Wildman–Crippen MR) is 99.7 cm³/mol. The Labute approximate surface area is 167 Å². The van der Waals surface area contributed by atoms with Crippen molar-refractivity contribution in [1.82, 2.24) is 10.2 Å². The van der Waals surface area contributed by atoms with Crippen molar-refractivity contribution in [2.75, 3.05) is 11.1 Å². The molecule has 0 aliphatic carbocycles. The highest BCUT2D eigenvalue weighted by molar-refractivity contribution is 7.99. The van der Waals surface area contributed by atoms with E-state index in [2.05, 4.69) is 15.5 Å². The Kier molecular flexibility index (Phi) is 6.53. The smallest absolute Gasteiger partial charge is 0.403 e. The average molecular weight is 425 g/mol. The summed E-state index contributed by atoms with van der Waals surface area (Å²) < 4.78 is 55.9. The Balaban J connectivity index is 1.46. The van der Waals surface area contributed by atoms with E-state index in [0.717, 1.165) is 17.0 Å². The van der Waals surface area contributed by atoms with Gasteiger partial charge in [-0.15, -0.1) is 16.9 Å². The molecule has 152 valence electrons. The molecule has 0 atom stereocenters. The summed E-state index contributed by atoms with van der Waals surface area (Å²) in [5.74, 6) is 0.0387. The highest BCUT2D eigenvalue weighted by Gasteiger charge is 2.30. The third-order valence-electron chi connectivity index (χ3n) is 3.76. The zero-order valence-corrected chi connectivity index (χ0v) is 15.7. The van der Waals surface area contributed by atoms with E-state index >= 15 is 0 Å². The van der Waals surface area contributed by atoms with Gasteiger partial charge in [0.15, 0.2) is 0 Å². The van der Waals surface area contributed by atoms with Gasteiger partial charge < -0.3 is 4.42 Å². The van der Waals surface area contributed by atoms with Crippen LogP contribution < -0.4 is 5.32 Å². The molecule has 0 aliphatic heterocycles. The Hall–Kier alpha value is -2.88. The van der Waals surface area contributed by atoms with E-state index < -0.39 is 11.7 Å². The minimum absolute atomic E-state index is 0.000824. The van der Waals surface area contributed by atoms with Crippen molar-refractivity contribution in [1.29, 1.82) is 0 Å². The van der Waals surface area contributed by atoms with Crippen molar-refractivity contribution in [3.8, 4) is 11.5 Å². The van der Waals surface area contributed by atoms with Crippen LogP contribution in [0, 0.1) is 5.82 Å². The lowest BCUT2D eigenvalue weighted by atomic mass is 10.1. The molecule has 0 saturated heterocycles. The highest BCUT2D eigenvalue weighted by Crippen LogP contribution is 2.31. The van der Waals surface area contributed by atoms with Gasteiger partial charge in [-0.1, -0.05) is 5.10 Å². The second-order valence-electron chi connectivity index (χ2n) is 5.94. The Morgan fingerprint density at radius 2 is 1.72 bits per heavy atom. The molecule has 0 unspecified atom stereocenters. The van der Waals surface area contributed by atoms with Crippen LogP contribution in [-0.2, 0) is 11.0 Å². The predicted octanol–water partition coefficient (Wildman–Crippen LogP) is 5.41. The van der Waals surface area contributed by atoms with E-state index in [9.17, 15) is 22.4 Å². The molecule has 3 aromatic rings. The molecule has 5 nitrogen and oxygen atoms in total. The number of benzene rings is 2. The van der Waals surface area contributed by atoms with Crippen LogP contribution in [0.4, 0.5) is 23.6 Å². The molecule has 1 amide bonds. The van der Waals surface area contributed by atoms with Crippen molar-refractivity contribution in [2.45, 2.75) is 23.9 Å².